The van der Waals surface area contributed by atoms with Crippen LogP contribution in [0.3, 0.4) is 0 Å². The summed E-state index contributed by atoms with van der Waals surface area (Å²) in [6, 6.07) is 7.21. The van der Waals surface area contributed by atoms with Crippen molar-refractivity contribution in [2.75, 3.05) is 19.0 Å². The Morgan fingerprint density at radius 3 is 2.82 bits per heavy atom. The van der Waals surface area contributed by atoms with E-state index in [2.05, 4.69) is 30.6 Å². The van der Waals surface area contributed by atoms with Crippen molar-refractivity contribution in [2.45, 2.75) is 32.4 Å². The van der Waals surface area contributed by atoms with Crippen molar-refractivity contribution in [3.05, 3.63) is 46.1 Å². The fourth-order valence-corrected chi connectivity index (χ4v) is 3.94. The van der Waals surface area contributed by atoms with Crippen LogP contribution in [0.4, 0.5) is 5.69 Å². The van der Waals surface area contributed by atoms with Crippen LogP contribution in [0.1, 0.15) is 45.5 Å². The number of anilines is 1. The first kappa shape index (κ1) is 18.5. The molecule has 1 aromatic carbocycles. The van der Waals surface area contributed by atoms with E-state index in [-0.39, 0.29) is 11.9 Å². The molecular weight excluding hydrogens is 380 g/mol. The zero-order chi connectivity index (χ0) is 19.5. The van der Waals surface area contributed by atoms with E-state index in [9.17, 15) is 4.79 Å². The van der Waals surface area contributed by atoms with Gasteiger partial charge in [-0.15, -0.1) is 20.4 Å². The zero-order valence-corrected chi connectivity index (χ0v) is 16.4. The molecule has 0 spiro atoms. The number of methoxy groups -OCH3 is 1. The summed E-state index contributed by atoms with van der Waals surface area (Å²) in [5.41, 5.74) is 0.675. The maximum Gasteiger partial charge on any atom is 0.286 e. The highest BCUT2D eigenvalue weighted by Crippen LogP contribution is 2.32. The molecule has 146 valence electrons. The molecule has 0 unspecified atom stereocenters. The van der Waals surface area contributed by atoms with Crippen molar-refractivity contribution < 1.29 is 13.9 Å². The van der Waals surface area contributed by atoms with Crippen LogP contribution < -0.4 is 10.1 Å². The van der Waals surface area contributed by atoms with Crippen LogP contribution in [0, 0.1) is 6.92 Å². The summed E-state index contributed by atoms with van der Waals surface area (Å²) < 4.78 is 10.7. The molecule has 10 heteroatoms. The molecule has 9 nitrogen and oxygen atoms in total. The van der Waals surface area contributed by atoms with E-state index in [1.54, 1.807) is 38.3 Å². The van der Waals surface area contributed by atoms with Crippen LogP contribution in [-0.2, 0) is 6.54 Å². The molecule has 1 N–H and O–H groups in total. The van der Waals surface area contributed by atoms with Crippen molar-refractivity contribution in [1.29, 1.82) is 0 Å². The first-order valence-electron chi connectivity index (χ1n) is 8.94. The molecule has 3 aromatic rings. The van der Waals surface area contributed by atoms with E-state index in [4.69, 9.17) is 9.15 Å². The minimum Gasteiger partial charge on any atom is -0.497 e. The Hall–Kier alpha value is -2.85. The largest absolute Gasteiger partial charge is 0.497 e. The third-order valence-electron chi connectivity index (χ3n) is 4.54. The van der Waals surface area contributed by atoms with Crippen LogP contribution in [0.5, 0.6) is 5.75 Å². The SMILES string of the molecule is COc1ccc(NC(=O)c2nnc(CN3CCC[C@H]3c3nnc(C)o3)s2)cc1. The average Bonchev–Trinajstić information content (AvgIpc) is 3.44. The standard InChI is InChI=1S/C18H20N6O3S/c1-11-20-22-17(27-11)14-4-3-9-24(14)10-15-21-23-18(28-15)16(25)19-12-5-7-13(26-2)8-6-12/h5-8,14H,3-4,9-10H2,1-2H3,(H,19,25)/t14-/m0/s1. The quantitative estimate of drug-likeness (QED) is 0.673. The van der Waals surface area contributed by atoms with Gasteiger partial charge in [-0.3, -0.25) is 9.69 Å². The number of carbonyl (C=O) groups excluding carboxylic acids is 1. The Bertz CT molecular complexity index is 954. The fourth-order valence-electron chi connectivity index (χ4n) is 3.18. The number of nitrogens with one attached hydrogen (secondary N) is 1. The second-order valence-corrected chi connectivity index (χ2v) is 7.53. The van der Waals surface area contributed by atoms with Gasteiger partial charge in [0.2, 0.25) is 16.8 Å². The van der Waals surface area contributed by atoms with Gasteiger partial charge in [-0.25, -0.2) is 0 Å². The number of nitrogens with zero attached hydrogens (tertiary/aromatic N) is 5. The molecule has 1 fully saturated rings. The molecule has 4 rings (SSSR count). The summed E-state index contributed by atoms with van der Waals surface area (Å²) in [6.07, 6.45) is 2.01. The van der Waals surface area contributed by atoms with Crippen LogP contribution in [0.15, 0.2) is 28.7 Å². The number of amides is 1. The van der Waals surface area contributed by atoms with Gasteiger partial charge in [-0.05, 0) is 43.7 Å². The van der Waals surface area contributed by atoms with E-state index >= 15 is 0 Å². The van der Waals surface area contributed by atoms with E-state index in [1.165, 1.54) is 11.3 Å². The van der Waals surface area contributed by atoms with Gasteiger partial charge in [0.05, 0.1) is 19.7 Å². The number of aromatic nitrogens is 4. The molecule has 28 heavy (non-hydrogen) atoms. The highest BCUT2D eigenvalue weighted by atomic mass is 32.1. The van der Waals surface area contributed by atoms with Crippen LogP contribution >= 0.6 is 11.3 Å². The van der Waals surface area contributed by atoms with Gasteiger partial charge in [0.15, 0.2) is 0 Å². The highest BCUT2D eigenvalue weighted by Gasteiger charge is 2.31. The number of aryl methyl sites for hydroxylation is 1. The second kappa shape index (κ2) is 8.03. The molecule has 0 radical (unpaired) electrons. The average molecular weight is 400 g/mol. The van der Waals surface area contributed by atoms with Gasteiger partial charge in [0.25, 0.3) is 5.91 Å². The molecule has 0 aliphatic carbocycles. The zero-order valence-electron chi connectivity index (χ0n) is 15.6. The Balaban J connectivity index is 1.40. The summed E-state index contributed by atoms with van der Waals surface area (Å²) in [5, 5.41) is 20.2. The number of likely N-dealkylation sites (tertiary alicyclic amines) is 1. The third-order valence-corrected chi connectivity index (χ3v) is 5.44. The number of hydrogen-bond donors (Lipinski definition) is 1. The van der Waals surface area contributed by atoms with E-state index in [0.717, 1.165) is 30.1 Å². The third kappa shape index (κ3) is 4.02. The molecular formula is C18H20N6O3S. The summed E-state index contributed by atoms with van der Waals surface area (Å²) in [5.74, 6) is 1.65. The summed E-state index contributed by atoms with van der Waals surface area (Å²) >= 11 is 1.29. The smallest absolute Gasteiger partial charge is 0.286 e. The number of rotatable bonds is 6. The van der Waals surface area contributed by atoms with Crippen molar-refractivity contribution in [2.24, 2.45) is 0 Å². The van der Waals surface area contributed by atoms with Crippen LogP contribution in [-0.4, -0.2) is 44.9 Å². The summed E-state index contributed by atoms with van der Waals surface area (Å²) in [6.45, 7) is 3.30. The highest BCUT2D eigenvalue weighted by molar-refractivity contribution is 7.13. The maximum atomic E-state index is 12.4. The van der Waals surface area contributed by atoms with E-state index in [1.807, 2.05) is 0 Å². The molecule has 1 saturated heterocycles. The van der Waals surface area contributed by atoms with E-state index in [0.29, 0.717) is 29.0 Å². The lowest BCUT2D eigenvalue weighted by Crippen LogP contribution is -2.23. The fraction of sp³-hybridized carbons (Fsp3) is 0.389. The van der Waals surface area contributed by atoms with Crippen LogP contribution in [0.25, 0.3) is 0 Å². The molecule has 1 aliphatic rings. The van der Waals surface area contributed by atoms with Gasteiger partial charge in [-0.2, -0.15) is 0 Å². The number of ether oxygens (including phenoxy) is 1. The minimum absolute atomic E-state index is 0.0849. The molecule has 2 aromatic heterocycles. The first-order chi connectivity index (χ1) is 13.6. The van der Waals surface area contributed by atoms with Crippen molar-refractivity contribution in [3.63, 3.8) is 0 Å². The molecule has 3 heterocycles. The first-order valence-corrected chi connectivity index (χ1v) is 9.76. The number of carbonyl (C=O) groups is 1. The Morgan fingerprint density at radius 1 is 1.29 bits per heavy atom. The van der Waals surface area contributed by atoms with Gasteiger partial charge < -0.3 is 14.5 Å². The van der Waals surface area contributed by atoms with Gasteiger partial charge >= 0.3 is 0 Å². The van der Waals surface area contributed by atoms with Gasteiger partial charge in [0, 0.05) is 12.6 Å². The van der Waals surface area contributed by atoms with Crippen molar-refractivity contribution in [1.82, 2.24) is 25.3 Å². The Morgan fingerprint density at radius 2 is 2.11 bits per heavy atom. The lowest BCUT2D eigenvalue weighted by molar-refractivity contribution is 0.102. The van der Waals surface area contributed by atoms with Crippen LogP contribution in [0.2, 0.25) is 0 Å². The minimum atomic E-state index is -0.278. The molecule has 1 atom stereocenters. The topological polar surface area (TPSA) is 106 Å². The molecule has 1 amide bonds. The monoisotopic (exact) mass is 400 g/mol. The predicted octanol–water partition coefficient (Wildman–Crippen LogP) is 2.83. The van der Waals surface area contributed by atoms with Gasteiger partial charge in [0.1, 0.15) is 10.8 Å². The Labute approximate surface area is 165 Å². The second-order valence-electron chi connectivity index (χ2n) is 6.47. The normalized spacial score (nSPS) is 17.0. The summed E-state index contributed by atoms with van der Waals surface area (Å²) in [7, 11) is 1.60. The number of benzene rings is 1. The van der Waals surface area contributed by atoms with Gasteiger partial charge in [-0.1, -0.05) is 11.3 Å². The predicted molar refractivity (Wildman–Crippen MR) is 102 cm³/mol. The maximum absolute atomic E-state index is 12.4. The molecule has 0 saturated carbocycles. The van der Waals surface area contributed by atoms with Crippen molar-refractivity contribution in [3.8, 4) is 5.75 Å². The molecule has 1 aliphatic heterocycles. The summed E-state index contributed by atoms with van der Waals surface area (Å²) in [4.78, 5) is 14.7. The Kier molecular flexibility index (Phi) is 5.31. The lowest BCUT2D eigenvalue weighted by atomic mass is 10.2. The number of hydrogen-bond acceptors (Lipinski definition) is 9. The molecule has 0 bridgehead atoms. The van der Waals surface area contributed by atoms with Crippen molar-refractivity contribution >= 4 is 22.9 Å². The lowest BCUT2D eigenvalue weighted by Gasteiger charge is -2.19. The van der Waals surface area contributed by atoms with E-state index < -0.39 is 0 Å².